The van der Waals surface area contributed by atoms with Crippen LogP contribution in [-0.4, -0.2) is 37.0 Å². The van der Waals surface area contributed by atoms with E-state index in [0.29, 0.717) is 26.2 Å². The molecule has 0 aliphatic carbocycles. The standard InChI is InChI=1S/C21H24FN3O2/c1-14-3-2-4-16(11-14)20-18(12-23-24-20)21(26)25-9-10-27-19(13-25)15-5-7-17(22)8-6-15/h2-8,11,18-20,23-24H,9-10,12-13H2,1H3. The summed E-state index contributed by atoms with van der Waals surface area (Å²) in [6, 6.07) is 14.5. The summed E-state index contributed by atoms with van der Waals surface area (Å²) in [6.45, 7) is 4.19. The number of nitrogens with one attached hydrogen (secondary N) is 2. The van der Waals surface area contributed by atoms with Gasteiger partial charge in [0.25, 0.3) is 0 Å². The summed E-state index contributed by atoms with van der Waals surface area (Å²) < 4.78 is 19.0. The number of morpholine rings is 1. The molecule has 0 spiro atoms. The lowest BCUT2D eigenvalue weighted by atomic mass is 9.92. The maximum absolute atomic E-state index is 13.2. The van der Waals surface area contributed by atoms with Crippen LogP contribution >= 0.6 is 0 Å². The number of halogens is 1. The molecule has 2 heterocycles. The van der Waals surface area contributed by atoms with Crippen molar-refractivity contribution in [3.8, 4) is 0 Å². The van der Waals surface area contributed by atoms with Crippen LogP contribution in [0, 0.1) is 18.7 Å². The van der Waals surface area contributed by atoms with E-state index >= 15 is 0 Å². The minimum absolute atomic E-state index is 0.0514. The Hall–Kier alpha value is -2.28. The molecule has 2 aliphatic heterocycles. The topological polar surface area (TPSA) is 53.6 Å². The molecule has 2 saturated heterocycles. The zero-order valence-electron chi connectivity index (χ0n) is 15.3. The van der Waals surface area contributed by atoms with Gasteiger partial charge in [0.2, 0.25) is 5.91 Å². The number of rotatable bonds is 3. The molecule has 3 unspecified atom stereocenters. The minimum atomic E-state index is -0.272. The Morgan fingerprint density at radius 3 is 2.78 bits per heavy atom. The van der Waals surface area contributed by atoms with E-state index in [4.69, 9.17) is 4.74 Å². The van der Waals surface area contributed by atoms with Crippen LogP contribution in [0.25, 0.3) is 0 Å². The van der Waals surface area contributed by atoms with Crippen LogP contribution < -0.4 is 10.9 Å². The summed E-state index contributed by atoms with van der Waals surface area (Å²) in [7, 11) is 0. The molecule has 0 radical (unpaired) electrons. The Morgan fingerprint density at radius 1 is 1.19 bits per heavy atom. The molecule has 0 aromatic heterocycles. The molecule has 142 valence electrons. The third-order valence-electron chi connectivity index (χ3n) is 5.32. The first kappa shape index (κ1) is 18.1. The second kappa shape index (κ2) is 7.76. The van der Waals surface area contributed by atoms with Gasteiger partial charge < -0.3 is 9.64 Å². The Labute approximate surface area is 158 Å². The lowest BCUT2D eigenvalue weighted by Gasteiger charge is -2.35. The van der Waals surface area contributed by atoms with Gasteiger partial charge in [-0.15, -0.1) is 0 Å². The van der Waals surface area contributed by atoms with Crippen LogP contribution in [0.2, 0.25) is 0 Å². The Morgan fingerprint density at radius 2 is 2.00 bits per heavy atom. The van der Waals surface area contributed by atoms with E-state index in [2.05, 4.69) is 36.0 Å². The lowest BCUT2D eigenvalue weighted by molar-refractivity contribution is -0.143. The van der Waals surface area contributed by atoms with Crippen molar-refractivity contribution in [3.63, 3.8) is 0 Å². The second-order valence-corrected chi connectivity index (χ2v) is 7.22. The number of hydrogen-bond acceptors (Lipinski definition) is 4. The average Bonchev–Trinajstić information content (AvgIpc) is 3.18. The molecule has 5 nitrogen and oxygen atoms in total. The highest BCUT2D eigenvalue weighted by atomic mass is 19.1. The Kier molecular flexibility index (Phi) is 5.20. The van der Waals surface area contributed by atoms with E-state index in [1.807, 2.05) is 11.0 Å². The third kappa shape index (κ3) is 3.88. The van der Waals surface area contributed by atoms with Crippen molar-refractivity contribution < 1.29 is 13.9 Å². The number of hydrogen-bond donors (Lipinski definition) is 2. The fourth-order valence-electron chi connectivity index (χ4n) is 3.87. The largest absolute Gasteiger partial charge is 0.370 e. The van der Waals surface area contributed by atoms with Gasteiger partial charge in [0.1, 0.15) is 11.9 Å². The van der Waals surface area contributed by atoms with E-state index < -0.39 is 0 Å². The first-order valence-electron chi connectivity index (χ1n) is 9.32. The molecule has 2 N–H and O–H groups in total. The molecule has 1 amide bonds. The van der Waals surface area contributed by atoms with Crippen molar-refractivity contribution in [2.75, 3.05) is 26.2 Å². The van der Waals surface area contributed by atoms with Crippen LogP contribution in [0.4, 0.5) is 4.39 Å². The van der Waals surface area contributed by atoms with E-state index in [1.54, 1.807) is 12.1 Å². The van der Waals surface area contributed by atoms with Gasteiger partial charge in [0.15, 0.2) is 0 Å². The van der Waals surface area contributed by atoms with Gasteiger partial charge in [-0.05, 0) is 30.2 Å². The summed E-state index contributed by atoms with van der Waals surface area (Å²) >= 11 is 0. The number of aryl methyl sites for hydroxylation is 1. The summed E-state index contributed by atoms with van der Waals surface area (Å²) in [5, 5.41) is 0. The highest BCUT2D eigenvalue weighted by molar-refractivity contribution is 5.80. The maximum Gasteiger partial charge on any atom is 0.229 e. The maximum atomic E-state index is 13.2. The molecular weight excluding hydrogens is 345 g/mol. The van der Waals surface area contributed by atoms with E-state index in [1.165, 1.54) is 17.7 Å². The van der Waals surface area contributed by atoms with Gasteiger partial charge in [-0.1, -0.05) is 42.0 Å². The fraction of sp³-hybridized carbons (Fsp3) is 0.381. The predicted octanol–water partition coefficient (Wildman–Crippen LogP) is 2.50. The van der Waals surface area contributed by atoms with Crippen LogP contribution in [0.3, 0.4) is 0 Å². The smallest absolute Gasteiger partial charge is 0.229 e. The molecule has 2 aliphatic rings. The first-order chi connectivity index (χ1) is 13.1. The zero-order valence-corrected chi connectivity index (χ0v) is 15.3. The van der Waals surface area contributed by atoms with Crippen molar-refractivity contribution in [1.29, 1.82) is 0 Å². The molecule has 0 bridgehead atoms. The second-order valence-electron chi connectivity index (χ2n) is 7.22. The summed E-state index contributed by atoms with van der Waals surface area (Å²) in [5.74, 6) is -0.320. The van der Waals surface area contributed by atoms with E-state index in [-0.39, 0.29) is 29.8 Å². The number of nitrogens with zero attached hydrogens (tertiary/aromatic N) is 1. The van der Waals surface area contributed by atoms with Gasteiger partial charge in [0, 0.05) is 13.1 Å². The van der Waals surface area contributed by atoms with Crippen molar-refractivity contribution in [3.05, 3.63) is 71.0 Å². The lowest BCUT2D eigenvalue weighted by Crippen LogP contribution is -2.46. The van der Waals surface area contributed by atoms with Gasteiger partial charge in [-0.25, -0.2) is 9.82 Å². The average molecular weight is 369 g/mol. The molecule has 2 aromatic carbocycles. The van der Waals surface area contributed by atoms with E-state index in [9.17, 15) is 9.18 Å². The number of ether oxygens (including phenoxy) is 1. The molecule has 4 rings (SSSR count). The molecule has 2 aromatic rings. The number of benzene rings is 2. The highest BCUT2D eigenvalue weighted by Gasteiger charge is 2.38. The first-order valence-corrected chi connectivity index (χ1v) is 9.32. The fourth-order valence-corrected chi connectivity index (χ4v) is 3.87. The highest BCUT2D eigenvalue weighted by Crippen LogP contribution is 2.29. The van der Waals surface area contributed by atoms with Crippen LogP contribution in [0.15, 0.2) is 48.5 Å². The zero-order chi connectivity index (χ0) is 18.8. The number of hydrazine groups is 1. The Balaban J connectivity index is 1.48. The number of carbonyl (C=O) groups excluding carboxylic acids is 1. The van der Waals surface area contributed by atoms with Gasteiger partial charge in [-0.2, -0.15) is 0 Å². The van der Waals surface area contributed by atoms with Crippen LogP contribution in [-0.2, 0) is 9.53 Å². The molecule has 3 atom stereocenters. The van der Waals surface area contributed by atoms with Crippen molar-refractivity contribution >= 4 is 5.91 Å². The van der Waals surface area contributed by atoms with Gasteiger partial charge >= 0.3 is 0 Å². The van der Waals surface area contributed by atoms with Gasteiger partial charge in [0.05, 0.1) is 25.1 Å². The molecule has 0 saturated carbocycles. The normalized spacial score (nSPS) is 25.6. The van der Waals surface area contributed by atoms with Crippen molar-refractivity contribution in [2.24, 2.45) is 5.92 Å². The van der Waals surface area contributed by atoms with Crippen LogP contribution in [0.1, 0.15) is 28.8 Å². The summed E-state index contributed by atoms with van der Waals surface area (Å²) in [4.78, 5) is 15.1. The number of carbonyl (C=O) groups is 1. The third-order valence-corrected chi connectivity index (χ3v) is 5.32. The minimum Gasteiger partial charge on any atom is -0.370 e. The summed E-state index contributed by atoms with van der Waals surface area (Å²) in [6.07, 6.45) is -0.219. The monoisotopic (exact) mass is 369 g/mol. The quantitative estimate of drug-likeness (QED) is 0.873. The van der Waals surface area contributed by atoms with Crippen LogP contribution in [0.5, 0.6) is 0 Å². The SMILES string of the molecule is Cc1cccc(C2NNCC2C(=O)N2CCOC(c3ccc(F)cc3)C2)c1. The molecule has 2 fully saturated rings. The van der Waals surface area contributed by atoms with Gasteiger partial charge in [-0.3, -0.25) is 10.2 Å². The Bertz CT molecular complexity index is 811. The van der Waals surface area contributed by atoms with E-state index in [0.717, 1.165) is 11.1 Å². The van der Waals surface area contributed by atoms with Crippen molar-refractivity contribution in [2.45, 2.75) is 19.1 Å². The molecule has 27 heavy (non-hydrogen) atoms. The molecule has 6 heteroatoms. The predicted molar refractivity (Wildman–Crippen MR) is 100 cm³/mol. The number of amides is 1. The molecular formula is C21H24FN3O2. The summed E-state index contributed by atoms with van der Waals surface area (Å²) in [5.41, 5.74) is 9.57. The van der Waals surface area contributed by atoms with Crippen molar-refractivity contribution in [1.82, 2.24) is 15.8 Å².